The first-order valence-corrected chi connectivity index (χ1v) is 6.73. The fourth-order valence-corrected chi connectivity index (χ4v) is 3.00. The van der Waals surface area contributed by atoms with Crippen LogP contribution >= 0.6 is 23.1 Å². The molecule has 4 nitrogen and oxygen atoms in total. The summed E-state index contributed by atoms with van der Waals surface area (Å²) in [7, 11) is 0. The first-order valence-electron chi connectivity index (χ1n) is 5.53. The van der Waals surface area contributed by atoms with Crippen LogP contribution in [-0.4, -0.2) is 34.4 Å². The number of nitrogens with zero attached hydrogens (tertiary/aromatic N) is 1. The molecule has 9 heteroatoms. The summed E-state index contributed by atoms with van der Waals surface area (Å²) < 4.78 is 40.2. The van der Waals surface area contributed by atoms with Crippen LogP contribution in [0.4, 0.5) is 13.2 Å². The van der Waals surface area contributed by atoms with Crippen LogP contribution in [0.15, 0.2) is 4.79 Å². The van der Waals surface area contributed by atoms with Gasteiger partial charge in [0.1, 0.15) is 9.90 Å². The molecule has 1 unspecified atom stereocenters. The van der Waals surface area contributed by atoms with Crippen LogP contribution in [0.5, 0.6) is 0 Å². The van der Waals surface area contributed by atoms with E-state index in [1.165, 1.54) is 0 Å². The number of halogens is 4. The topological polar surface area (TPSA) is 53.2 Å². The van der Waals surface area contributed by atoms with Gasteiger partial charge in [-0.15, -0.1) is 0 Å². The highest BCUT2D eigenvalue weighted by molar-refractivity contribution is 7.08. The number of carbonyl (C=O) groups is 1. The van der Waals surface area contributed by atoms with Gasteiger partial charge in [0.25, 0.3) is 11.5 Å². The van der Waals surface area contributed by atoms with Gasteiger partial charge in [0.2, 0.25) is 0 Å². The van der Waals surface area contributed by atoms with Gasteiger partial charge >= 0.3 is 6.18 Å². The molecule has 1 saturated heterocycles. The molecule has 1 atom stereocenters. The van der Waals surface area contributed by atoms with Crippen LogP contribution in [0.1, 0.15) is 22.5 Å². The highest BCUT2D eigenvalue weighted by atomic mass is 35.5. The number of hydrogen-bond donors (Lipinski definition) is 1. The maximum absolute atomic E-state index is 12.6. The number of alkyl halides is 3. The molecule has 1 aliphatic rings. The molecule has 19 heavy (non-hydrogen) atoms. The Morgan fingerprint density at radius 2 is 2.16 bits per heavy atom. The average molecular weight is 315 g/mol. The number of hydrogen-bond acceptors (Lipinski definition) is 3. The second-order valence-electron chi connectivity index (χ2n) is 4.31. The summed E-state index contributed by atoms with van der Waals surface area (Å²) in [5, 5.41) is -0.260. The van der Waals surface area contributed by atoms with E-state index in [-0.39, 0.29) is 35.8 Å². The predicted molar refractivity (Wildman–Crippen MR) is 64.6 cm³/mol. The molecule has 106 valence electrons. The third kappa shape index (κ3) is 2.94. The highest BCUT2D eigenvalue weighted by Gasteiger charge is 2.43. The van der Waals surface area contributed by atoms with E-state index in [1.807, 2.05) is 0 Å². The predicted octanol–water partition coefficient (Wildman–Crippen LogP) is 2.50. The van der Waals surface area contributed by atoms with Crippen LogP contribution in [0, 0.1) is 5.92 Å². The average Bonchev–Trinajstić information content (AvgIpc) is 2.68. The van der Waals surface area contributed by atoms with Gasteiger partial charge in [-0.2, -0.15) is 13.2 Å². The number of aromatic amines is 1. The Hall–Kier alpha value is -1.02. The van der Waals surface area contributed by atoms with Gasteiger partial charge in [-0.3, -0.25) is 14.0 Å². The molecule has 0 aromatic carbocycles. The summed E-state index contributed by atoms with van der Waals surface area (Å²) in [6.07, 6.45) is -4.01. The number of H-pyrrole nitrogens is 1. The quantitative estimate of drug-likeness (QED) is 0.866. The molecule has 1 fully saturated rings. The molecule has 0 bridgehead atoms. The molecular formula is C10H10ClF3N2O2S. The standard InChI is InChI=1S/C10H10ClF3N2O2S/c11-6-7(19-15-8(6)17)9(18)16-3-1-2-5(4-16)10(12,13)14/h5H,1-4H2,(H,15,17). The van der Waals surface area contributed by atoms with E-state index in [0.29, 0.717) is 0 Å². The van der Waals surface area contributed by atoms with Crippen molar-refractivity contribution >= 4 is 29.0 Å². The summed E-state index contributed by atoms with van der Waals surface area (Å²) in [5.74, 6) is -2.14. The van der Waals surface area contributed by atoms with Gasteiger partial charge in [-0.25, -0.2) is 0 Å². The Kier molecular flexibility index (Phi) is 3.91. The lowest BCUT2D eigenvalue weighted by molar-refractivity contribution is -0.184. The number of carbonyl (C=O) groups excluding carboxylic acids is 1. The lowest BCUT2D eigenvalue weighted by Gasteiger charge is -2.33. The van der Waals surface area contributed by atoms with E-state index in [1.54, 1.807) is 0 Å². The molecule has 1 amide bonds. The Bertz CT molecular complexity index is 540. The molecule has 2 heterocycles. The van der Waals surface area contributed by atoms with E-state index in [0.717, 1.165) is 16.4 Å². The second kappa shape index (κ2) is 5.16. The maximum Gasteiger partial charge on any atom is 0.393 e. The molecule has 0 spiro atoms. The maximum atomic E-state index is 12.6. The summed E-state index contributed by atoms with van der Waals surface area (Å²) in [6, 6.07) is 0. The second-order valence-corrected chi connectivity index (χ2v) is 5.50. The zero-order valence-corrected chi connectivity index (χ0v) is 11.2. The van der Waals surface area contributed by atoms with Crippen molar-refractivity contribution in [3.8, 4) is 0 Å². The minimum Gasteiger partial charge on any atom is -0.337 e. The van der Waals surface area contributed by atoms with Crippen LogP contribution in [-0.2, 0) is 0 Å². The minimum atomic E-state index is -4.31. The van der Waals surface area contributed by atoms with Crippen molar-refractivity contribution in [1.29, 1.82) is 0 Å². The van der Waals surface area contributed by atoms with E-state index in [4.69, 9.17) is 11.6 Å². The number of aromatic nitrogens is 1. The minimum absolute atomic E-state index is 0.0182. The van der Waals surface area contributed by atoms with Crippen LogP contribution < -0.4 is 5.56 Å². The van der Waals surface area contributed by atoms with E-state index in [9.17, 15) is 22.8 Å². The molecule has 0 aliphatic carbocycles. The van der Waals surface area contributed by atoms with Crippen molar-refractivity contribution in [1.82, 2.24) is 9.27 Å². The van der Waals surface area contributed by atoms with Crippen molar-refractivity contribution in [3.05, 3.63) is 20.3 Å². The molecule has 0 saturated carbocycles. The monoisotopic (exact) mass is 314 g/mol. The van der Waals surface area contributed by atoms with Crippen molar-refractivity contribution < 1.29 is 18.0 Å². The Morgan fingerprint density at radius 1 is 1.47 bits per heavy atom. The van der Waals surface area contributed by atoms with Gasteiger partial charge in [0.05, 0.1) is 5.92 Å². The van der Waals surface area contributed by atoms with E-state index in [2.05, 4.69) is 4.37 Å². The number of nitrogens with one attached hydrogen (secondary N) is 1. The summed E-state index contributed by atoms with van der Waals surface area (Å²) >= 11 is 6.39. The Morgan fingerprint density at radius 3 is 2.68 bits per heavy atom. The molecule has 1 aliphatic heterocycles. The van der Waals surface area contributed by atoms with Crippen molar-refractivity contribution in [2.45, 2.75) is 19.0 Å². The van der Waals surface area contributed by atoms with Crippen molar-refractivity contribution in [3.63, 3.8) is 0 Å². The molecule has 2 rings (SSSR count). The van der Waals surface area contributed by atoms with Crippen molar-refractivity contribution in [2.75, 3.05) is 13.1 Å². The number of amides is 1. The molecular weight excluding hydrogens is 305 g/mol. The van der Waals surface area contributed by atoms with Crippen LogP contribution in [0.25, 0.3) is 0 Å². The van der Waals surface area contributed by atoms with Gasteiger partial charge in [0.15, 0.2) is 0 Å². The van der Waals surface area contributed by atoms with Gasteiger partial charge in [-0.1, -0.05) is 23.1 Å². The summed E-state index contributed by atoms with van der Waals surface area (Å²) in [5.41, 5.74) is -0.598. The van der Waals surface area contributed by atoms with Crippen molar-refractivity contribution in [2.24, 2.45) is 5.92 Å². The first-order chi connectivity index (χ1) is 8.80. The first kappa shape index (κ1) is 14.4. The van der Waals surface area contributed by atoms with Gasteiger partial charge < -0.3 is 4.90 Å². The zero-order valence-electron chi connectivity index (χ0n) is 9.59. The van der Waals surface area contributed by atoms with Crippen LogP contribution in [0.2, 0.25) is 5.02 Å². The summed E-state index contributed by atoms with van der Waals surface area (Å²) in [6.45, 7) is -0.140. The number of rotatable bonds is 1. The molecule has 0 radical (unpaired) electrons. The Balaban J connectivity index is 2.16. The molecule has 1 aromatic rings. The van der Waals surface area contributed by atoms with Gasteiger partial charge in [-0.05, 0) is 12.8 Å². The number of likely N-dealkylation sites (tertiary alicyclic amines) is 1. The Labute approximate surface area is 115 Å². The van der Waals surface area contributed by atoms with Crippen LogP contribution in [0.3, 0.4) is 0 Å². The third-order valence-electron chi connectivity index (χ3n) is 3.01. The number of piperidine rings is 1. The molecule has 1 N–H and O–H groups in total. The van der Waals surface area contributed by atoms with E-state index >= 15 is 0 Å². The fraction of sp³-hybridized carbons (Fsp3) is 0.600. The van der Waals surface area contributed by atoms with Gasteiger partial charge in [0, 0.05) is 13.1 Å². The lowest BCUT2D eigenvalue weighted by Crippen LogP contribution is -2.44. The zero-order chi connectivity index (χ0) is 14.2. The smallest absolute Gasteiger partial charge is 0.337 e. The van der Waals surface area contributed by atoms with E-state index < -0.39 is 23.6 Å². The largest absolute Gasteiger partial charge is 0.393 e. The lowest BCUT2D eigenvalue weighted by atomic mass is 9.97. The highest BCUT2D eigenvalue weighted by Crippen LogP contribution is 2.34. The summed E-state index contributed by atoms with van der Waals surface area (Å²) in [4.78, 5) is 24.2. The normalized spacial score (nSPS) is 20.6. The fourth-order valence-electron chi connectivity index (χ4n) is 2.00. The third-order valence-corrected chi connectivity index (χ3v) is 4.35. The SMILES string of the molecule is O=C(c1s[nH]c(=O)c1Cl)N1CCCC(C(F)(F)F)C1. The molecule has 1 aromatic heterocycles.